The molecule has 1 saturated heterocycles. The summed E-state index contributed by atoms with van der Waals surface area (Å²) in [5, 5.41) is 2.44. The highest BCUT2D eigenvalue weighted by Crippen LogP contribution is 2.33. The fourth-order valence-corrected chi connectivity index (χ4v) is 2.58. The molecule has 1 heterocycles. The number of carbonyl (C=O) groups excluding carboxylic acids is 3. The zero-order chi connectivity index (χ0) is 18.9. The van der Waals surface area contributed by atoms with E-state index in [2.05, 4.69) is 5.32 Å². The third-order valence-corrected chi connectivity index (χ3v) is 3.45. The molecular weight excluding hydrogens is 314 g/mol. The van der Waals surface area contributed by atoms with Crippen LogP contribution in [0.5, 0.6) is 0 Å². The predicted octanol–water partition coefficient (Wildman–Crippen LogP) is 1.25. The number of primary amides is 1. The van der Waals surface area contributed by atoms with Gasteiger partial charge in [0.05, 0.1) is 6.10 Å². The summed E-state index contributed by atoms with van der Waals surface area (Å²) < 4.78 is 11.1. The molecule has 1 aliphatic heterocycles. The Morgan fingerprint density at radius 2 is 1.83 bits per heavy atom. The fraction of sp³-hybridized carbons (Fsp3) is 0.688. The second kappa shape index (κ2) is 6.80. The van der Waals surface area contributed by atoms with Gasteiger partial charge in [0.2, 0.25) is 5.91 Å². The number of hydrogen-bond donors (Lipinski definition) is 2. The first-order chi connectivity index (χ1) is 10.8. The number of ether oxygens (including phenoxy) is 2. The average molecular weight is 341 g/mol. The Kier molecular flexibility index (Phi) is 5.66. The minimum absolute atomic E-state index is 0.0407. The molecule has 0 aromatic rings. The average Bonchev–Trinajstić information content (AvgIpc) is 2.62. The highest BCUT2D eigenvalue weighted by molar-refractivity contribution is 5.98. The van der Waals surface area contributed by atoms with Gasteiger partial charge < -0.3 is 20.5 Å². The summed E-state index contributed by atoms with van der Waals surface area (Å²) in [6.45, 7) is 11.8. The van der Waals surface area contributed by atoms with E-state index in [1.165, 1.54) is 11.0 Å². The molecule has 8 heteroatoms. The monoisotopic (exact) mass is 341 g/mol. The van der Waals surface area contributed by atoms with Gasteiger partial charge in [-0.05, 0) is 48.5 Å². The van der Waals surface area contributed by atoms with E-state index >= 15 is 0 Å². The Labute approximate surface area is 142 Å². The lowest BCUT2D eigenvalue weighted by Crippen LogP contribution is -2.55. The first kappa shape index (κ1) is 20.0. The van der Waals surface area contributed by atoms with Crippen LogP contribution in [0.1, 0.15) is 48.5 Å². The molecule has 0 saturated carbocycles. The molecule has 24 heavy (non-hydrogen) atoms. The molecule has 3 N–H and O–H groups in total. The summed E-state index contributed by atoms with van der Waals surface area (Å²) in [4.78, 5) is 37.7. The van der Waals surface area contributed by atoms with Crippen LogP contribution >= 0.6 is 0 Å². The Balaban J connectivity index is 3.11. The molecule has 1 aliphatic rings. The topological polar surface area (TPSA) is 111 Å². The standard InChI is InChI=1S/C16H27N3O5/c1-8-10(12(17)20)18-13(21)11-9(2)23-16(6,7)19(11)14(22)24-15(3,4)5/h8-9,11H,1-7H3,(H2,17,20)(H,18,21)/b10-8-/t9-,11+/m1/s1. The van der Waals surface area contributed by atoms with Gasteiger partial charge in [-0.25, -0.2) is 4.79 Å². The third-order valence-electron chi connectivity index (χ3n) is 3.45. The molecule has 0 bridgehead atoms. The van der Waals surface area contributed by atoms with Crippen LogP contribution in [0, 0.1) is 0 Å². The molecule has 0 spiro atoms. The van der Waals surface area contributed by atoms with Crippen molar-refractivity contribution in [2.45, 2.75) is 71.9 Å². The van der Waals surface area contributed by atoms with E-state index in [1.54, 1.807) is 48.5 Å². The lowest BCUT2D eigenvalue weighted by molar-refractivity contribution is -0.127. The second-order valence-corrected chi connectivity index (χ2v) is 7.12. The summed E-state index contributed by atoms with van der Waals surface area (Å²) in [6, 6.07) is -0.954. The minimum Gasteiger partial charge on any atom is -0.444 e. The van der Waals surface area contributed by atoms with Crippen molar-refractivity contribution in [1.29, 1.82) is 0 Å². The van der Waals surface area contributed by atoms with Crippen LogP contribution in [0.25, 0.3) is 0 Å². The molecule has 0 aromatic carbocycles. The van der Waals surface area contributed by atoms with Crippen molar-refractivity contribution in [3.63, 3.8) is 0 Å². The van der Waals surface area contributed by atoms with Crippen LogP contribution in [0.4, 0.5) is 4.79 Å². The smallest absolute Gasteiger partial charge is 0.413 e. The molecule has 2 atom stereocenters. The van der Waals surface area contributed by atoms with E-state index in [1.807, 2.05) is 0 Å². The molecule has 3 amide bonds. The number of allylic oxidation sites excluding steroid dienone is 1. The molecule has 1 fully saturated rings. The van der Waals surface area contributed by atoms with E-state index in [0.717, 1.165) is 0 Å². The van der Waals surface area contributed by atoms with E-state index in [0.29, 0.717) is 0 Å². The van der Waals surface area contributed by atoms with E-state index in [-0.39, 0.29) is 5.70 Å². The highest BCUT2D eigenvalue weighted by Gasteiger charge is 2.52. The number of rotatable bonds is 3. The molecule has 0 unspecified atom stereocenters. The van der Waals surface area contributed by atoms with Crippen LogP contribution in [-0.4, -0.2) is 46.3 Å². The zero-order valence-corrected chi connectivity index (χ0v) is 15.3. The summed E-state index contributed by atoms with van der Waals surface area (Å²) in [5.74, 6) is -1.33. The fourth-order valence-electron chi connectivity index (χ4n) is 2.58. The summed E-state index contributed by atoms with van der Waals surface area (Å²) >= 11 is 0. The van der Waals surface area contributed by atoms with Gasteiger partial charge >= 0.3 is 6.09 Å². The van der Waals surface area contributed by atoms with Crippen molar-refractivity contribution >= 4 is 17.9 Å². The highest BCUT2D eigenvalue weighted by atomic mass is 16.6. The van der Waals surface area contributed by atoms with Crippen LogP contribution < -0.4 is 11.1 Å². The maximum absolute atomic E-state index is 12.6. The van der Waals surface area contributed by atoms with E-state index < -0.39 is 41.4 Å². The Morgan fingerprint density at radius 3 is 2.25 bits per heavy atom. The maximum Gasteiger partial charge on any atom is 0.413 e. The van der Waals surface area contributed by atoms with Gasteiger partial charge in [-0.15, -0.1) is 0 Å². The number of carbonyl (C=O) groups is 3. The van der Waals surface area contributed by atoms with Gasteiger partial charge in [0.15, 0.2) is 0 Å². The summed E-state index contributed by atoms with van der Waals surface area (Å²) in [5.41, 5.74) is 3.41. The van der Waals surface area contributed by atoms with Crippen LogP contribution in [0.2, 0.25) is 0 Å². The second-order valence-electron chi connectivity index (χ2n) is 7.12. The number of nitrogens with one attached hydrogen (secondary N) is 1. The van der Waals surface area contributed by atoms with Crippen LogP contribution in [-0.2, 0) is 19.1 Å². The van der Waals surface area contributed by atoms with Crippen molar-refractivity contribution in [3.05, 3.63) is 11.8 Å². The number of nitrogens with zero attached hydrogens (tertiary/aromatic N) is 1. The summed E-state index contributed by atoms with van der Waals surface area (Å²) in [7, 11) is 0. The van der Waals surface area contributed by atoms with Crippen molar-refractivity contribution in [2.75, 3.05) is 0 Å². The number of amides is 3. The Hall–Kier alpha value is -2.09. The van der Waals surface area contributed by atoms with Gasteiger partial charge in [0.25, 0.3) is 5.91 Å². The summed E-state index contributed by atoms with van der Waals surface area (Å²) in [6.07, 6.45) is 0.139. The van der Waals surface area contributed by atoms with Gasteiger partial charge in [0, 0.05) is 0 Å². The van der Waals surface area contributed by atoms with E-state index in [9.17, 15) is 14.4 Å². The van der Waals surface area contributed by atoms with Crippen molar-refractivity contribution < 1.29 is 23.9 Å². The van der Waals surface area contributed by atoms with Gasteiger partial charge in [-0.1, -0.05) is 6.08 Å². The van der Waals surface area contributed by atoms with Gasteiger partial charge in [-0.2, -0.15) is 0 Å². The molecular formula is C16H27N3O5. The molecule has 0 aliphatic carbocycles. The van der Waals surface area contributed by atoms with Gasteiger partial charge in [-0.3, -0.25) is 14.5 Å². The Bertz CT molecular complexity index is 563. The maximum atomic E-state index is 12.6. The first-order valence-corrected chi connectivity index (χ1v) is 7.77. The van der Waals surface area contributed by atoms with Crippen molar-refractivity contribution in [3.8, 4) is 0 Å². The zero-order valence-electron chi connectivity index (χ0n) is 15.3. The quantitative estimate of drug-likeness (QED) is 0.751. The largest absolute Gasteiger partial charge is 0.444 e. The first-order valence-electron chi connectivity index (χ1n) is 7.77. The predicted molar refractivity (Wildman–Crippen MR) is 87.6 cm³/mol. The SMILES string of the molecule is C/C=C(\NC(=O)[C@@H]1[C@@H](C)OC(C)(C)N1C(=O)OC(C)(C)C)C(N)=O. The van der Waals surface area contributed by atoms with Gasteiger partial charge in [0.1, 0.15) is 23.1 Å². The van der Waals surface area contributed by atoms with Crippen molar-refractivity contribution in [1.82, 2.24) is 10.2 Å². The van der Waals surface area contributed by atoms with Crippen LogP contribution in [0.15, 0.2) is 11.8 Å². The molecule has 0 aromatic heterocycles. The molecule has 136 valence electrons. The van der Waals surface area contributed by atoms with Crippen molar-refractivity contribution in [2.24, 2.45) is 5.73 Å². The molecule has 0 radical (unpaired) electrons. The lowest BCUT2D eigenvalue weighted by atomic mass is 10.1. The number of hydrogen-bond acceptors (Lipinski definition) is 5. The normalized spacial score (nSPS) is 23.8. The van der Waals surface area contributed by atoms with Crippen LogP contribution in [0.3, 0.4) is 0 Å². The minimum atomic E-state index is -1.04. The Morgan fingerprint density at radius 1 is 1.29 bits per heavy atom. The molecule has 1 rings (SSSR count). The van der Waals surface area contributed by atoms with E-state index in [4.69, 9.17) is 15.2 Å². The third kappa shape index (κ3) is 4.47. The molecule has 8 nitrogen and oxygen atoms in total. The lowest BCUT2D eigenvalue weighted by Gasteiger charge is -2.34. The number of nitrogens with two attached hydrogens (primary N) is 1.